The molecule has 0 atom stereocenters. The van der Waals surface area contributed by atoms with Crippen LogP contribution in [0.2, 0.25) is 0 Å². The number of likely N-dealkylation sites (N-methyl/N-ethyl adjacent to an activating group) is 1. The van der Waals surface area contributed by atoms with Gasteiger partial charge in [0.2, 0.25) is 17.8 Å². The summed E-state index contributed by atoms with van der Waals surface area (Å²) in [6.45, 7) is 4.83. The fourth-order valence-electron chi connectivity index (χ4n) is 2.00. The smallest absolute Gasteiger partial charge is 0.231 e. The summed E-state index contributed by atoms with van der Waals surface area (Å²) < 4.78 is 0. The average molecular weight is 293 g/mol. The molecule has 1 aliphatic rings. The molecule has 0 unspecified atom stereocenters. The molecule has 0 bridgehead atoms. The van der Waals surface area contributed by atoms with Gasteiger partial charge in [-0.25, -0.2) is 0 Å². The number of nitrogens with zero attached hydrogens (tertiary/aromatic N) is 5. The van der Waals surface area contributed by atoms with E-state index in [9.17, 15) is 0 Å². The van der Waals surface area contributed by atoms with E-state index in [0.717, 1.165) is 32.1 Å². The maximum atomic E-state index is 4.43. The minimum absolute atomic E-state index is 0.633. The highest BCUT2D eigenvalue weighted by Gasteiger charge is 2.25. The zero-order chi connectivity index (χ0) is 15.2. The highest BCUT2D eigenvalue weighted by atomic mass is 15.3. The van der Waals surface area contributed by atoms with Crippen LogP contribution < -0.4 is 15.5 Å². The van der Waals surface area contributed by atoms with Crippen molar-refractivity contribution in [2.45, 2.75) is 32.2 Å². The van der Waals surface area contributed by atoms with E-state index in [1.807, 2.05) is 19.0 Å². The van der Waals surface area contributed by atoms with Gasteiger partial charge >= 0.3 is 0 Å². The van der Waals surface area contributed by atoms with Crippen LogP contribution in [0.15, 0.2) is 0 Å². The third-order valence-electron chi connectivity index (χ3n) is 3.47. The molecule has 0 amide bonds. The van der Waals surface area contributed by atoms with Crippen LogP contribution in [0.25, 0.3) is 0 Å². The fraction of sp³-hybridized carbons (Fsp3) is 0.786. The van der Waals surface area contributed by atoms with Gasteiger partial charge in [-0.1, -0.05) is 6.92 Å². The van der Waals surface area contributed by atoms with E-state index in [0.29, 0.717) is 17.8 Å². The van der Waals surface area contributed by atoms with E-state index < -0.39 is 0 Å². The number of anilines is 3. The van der Waals surface area contributed by atoms with E-state index in [1.54, 1.807) is 0 Å². The molecule has 0 aromatic carbocycles. The predicted octanol–water partition coefficient (Wildman–Crippen LogP) is 1.27. The van der Waals surface area contributed by atoms with Crippen molar-refractivity contribution in [1.82, 2.24) is 19.9 Å². The van der Waals surface area contributed by atoms with Crippen molar-refractivity contribution in [3.8, 4) is 0 Å². The Morgan fingerprint density at radius 1 is 1.00 bits per heavy atom. The summed E-state index contributed by atoms with van der Waals surface area (Å²) in [6.07, 6.45) is 3.70. The molecule has 21 heavy (non-hydrogen) atoms. The highest BCUT2D eigenvalue weighted by molar-refractivity contribution is 5.42. The van der Waals surface area contributed by atoms with Crippen LogP contribution in [-0.2, 0) is 0 Å². The average Bonchev–Trinajstić information content (AvgIpc) is 3.29. The first-order valence-corrected chi connectivity index (χ1v) is 7.71. The van der Waals surface area contributed by atoms with Gasteiger partial charge in [0, 0.05) is 39.8 Å². The molecule has 1 aliphatic carbocycles. The lowest BCUT2D eigenvalue weighted by Gasteiger charge is -2.17. The summed E-state index contributed by atoms with van der Waals surface area (Å²) in [6, 6.07) is 0.782. The van der Waals surface area contributed by atoms with Crippen LogP contribution in [0.1, 0.15) is 26.2 Å². The Labute approximate surface area is 127 Å². The van der Waals surface area contributed by atoms with Gasteiger partial charge in [-0.05, 0) is 26.3 Å². The molecule has 1 aromatic heterocycles. The molecule has 2 N–H and O–H groups in total. The number of hydrogen-bond acceptors (Lipinski definition) is 7. The second-order valence-corrected chi connectivity index (χ2v) is 5.74. The molecule has 1 saturated carbocycles. The molecule has 7 heteroatoms. The lowest BCUT2D eigenvalue weighted by Crippen LogP contribution is -2.27. The fourth-order valence-corrected chi connectivity index (χ4v) is 2.00. The number of aromatic nitrogens is 3. The molecule has 0 saturated heterocycles. The molecular formula is C14H27N7. The number of hydrogen-bond donors (Lipinski definition) is 2. The summed E-state index contributed by atoms with van der Waals surface area (Å²) in [5.74, 6) is 1.94. The molecule has 1 aromatic rings. The predicted molar refractivity (Wildman–Crippen MR) is 87.1 cm³/mol. The monoisotopic (exact) mass is 293 g/mol. The standard InChI is InChI=1S/C14H27N7/c1-5-8-15-12-17-13(19-14(18-12)20(2)3)16-9-10-21(4)11-6-7-11/h11H,5-10H2,1-4H3,(H2,15,16,17,18,19). The van der Waals surface area contributed by atoms with Crippen LogP contribution >= 0.6 is 0 Å². The first-order chi connectivity index (χ1) is 10.1. The van der Waals surface area contributed by atoms with Crippen molar-refractivity contribution >= 4 is 17.8 Å². The maximum Gasteiger partial charge on any atom is 0.231 e. The van der Waals surface area contributed by atoms with Gasteiger partial charge < -0.3 is 20.4 Å². The molecule has 1 fully saturated rings. The second-order valence-electron chi connectivity index (χ2n) is 5.74. The maximum absolute atomic E-state index is 4.43. The van der Waals surface area contributed by atoms with Crippen molar-refractivity contribution in [2.75, 3.05) is 56.3 Å². The van der Waals surface area contributed by atoms with Gasteiger partial charge in [-0.3, -0.25) is 0 Å². The molecule has 0 spiro atoms. The molecule has 7 nitrogen and oxygen atoms in total. The van der Waals surface area contributed by atoms with Crippen molar-refractivity contribution in [2.24, 2.45) is 0 Å². The van der Waals surface area contributed by atoms with Gasteiger partial charge in [0.1, 0.15) is 0 Å². The SMILES string of the molecule is CCCNc1nc(NCCN(C)C2CC2)nc(N(C)C)n1. The summed E-state index contributed by atoms with van der Waals surface area (Å²) in [5, 5.41) is 6.52. The van der Waals surface area contributed by atoms with Crippen LogP contribution in [-0.4, -0.2) is 66.7 Å². The third-order valence-corrected chi connectivity index (χ3v) is 3.47. The van der Waals surface area contributed by atoms with Crippen molar-refractivity contribution in [1.29, 1.82) is 0 Å². The van der Waals surface area contributed by atoms with Crippen LogP contribution in [0.3, 0.4) is 0 Å². The summed E-state index contributed by atoms with van der Waals surface area (Å²) in [5.41, 5.74) is 0. The van der Waals surface area contributed by atoms with E-state index in [-0.39, 0.29) is 0 Å². The molecular weight excluding hydrogens is 266 g/mol. The lowest BCUT2D eigenvalue weighted by atomic mass is 10.5. The van der Waals surface area contributed by atoms with E-state index in [1.165, 1.54) is 12.8 Å². The van der Waals surface area contributed by atoms with Crippen LogP contribution in [0.5, 0.6) is 0 Å². The molecule has 1 heterocycles. The van der Waals surface area contributed by atoms with Gasteiger partial charge in [-0.2, -0.15) is 15.0 Å². The Morgan fingerprint density at radius 3 is 2.14 bits per heavy atom. The third kappa shape index (κ3) is 5.00. The Bertz CT molecular complexity index is 445. The number of rotatable bonds is 9. The van der Waals surface area contributed by atoms with Crippen molar-refractivity contribution in [3.63, 3.8) is 0 Å². The van der Waals surface area contributed by atoms with Crippen LogP contribution in [0, 0.1) is 0 Å². The van der Waals surface area contributed by atoms with Crippen molar-refractivity contribution in [3.05, 3.63) is 0 Å². The summed E-state index contributed by atoms with van der Waals surface area (Å²) >= 11 is 0. The Balaban J connectivity index is 1.93. The van der Waals surface area contributed by atoms with Gasteiger partial charge in [-0.15, -0.1) is 0 Å². The van der Waals surface area contributed by atoms with Gasteiger partial charge in [0.05, 0.1) is 0 Å². The minimum Gasteiger partial charge on any atom is -0.354 e. The molecule has 118 valence electrons. The Hall–Kier alpha value is -1.63. The zero-order valence-corrected chi connectivity index (χ0v) is 13.6. The summed E-state index contributed by atoms with van der Waals surface area (Å²) in [7, 11) is 6.04. The minimum atomic E-state index is 0.633. The van der Waals surface area contributed by atoms with Crippen molar-refractivity contribution < 1.29 is 0 Å². The highest BCUT2D eigenvalue weighted by Crippen LogP contribution is 2.24. The largest absolute Gasteiger partial charge is 0.354 e. The normalized spacial score (nSPS) is 14.3. The van der Waals surface area contributed by atoms with Gasteiger partial charge in [0.15, 0.2) is 0 Å². The summed E-state index contributed by atoms with van der Waals surface area (Å²) in [4.78, 5) is 17.5. The molecule has 0 radical (unpaired) electrons. The van der Waals surface area contributed by atoms with Gasteiger partial charge in [0.25, 0.3) is 0 Å². The Morgan fingerprint density at radius 2 is 1.62 bits per heavy atom. The first kappa shape index (κ1) is 15.8. The van der Waals surface area contributed by atoms with E-state index in [2.05, 4.69) is 44.5 Å². The lowest BCUT2D eigenvalue weighted by molar-refractivity contribution is 0.337. The topological polar surface area (TPSA) is 69.2 Å². The van der Waals surface area contributed by atoms with Crippen LogP contribution in [0.4, 0.5) is 17.8 Å². The van der Waals surface area contributed by atoms with E-state index in [4.69, 9.17) is 0 Å². The second kappa shape index (κ2) is 7.40. The molecule has 2 rings (SSSR count). The zero-order valence-electron chi connectivity index (χ0n) is 13.6. The van der Waals surface area contributed by atoms with E-state index >= 15 is 0 Å². The molecule has 0 aliphatic heterocycles. The number of nitrogens with one attached hydrogen (secondary N) is 2. The first-order valence-electron chi connectivity index (χ1n) is 7.71. The quantitative estimate of drug-likeness (QED) is 0.710. The Kier molecular flexibility index (Phi) is 5.55.